The number of aryl methyl sites for hydroxylation is 1. The molecule has 0 radical (unpaired) electrons. The molecule has 0 aliphatic heterocycles. The van der Waals surface area contributed by atoms with E-state index < -0.39 is 32.5 Å². The van der Waals surface area contributed by atoms with Crippen molar-refractivity contribution in [2.24, 2.45) is 7.05 Å². The third kappa shape index (κ3) is 3.96. The van der Waals surface area contributed by atoms with Gasteiger partial charge in [0.1, 0.15) is 39.8 Å². The van der Waals surface area contributed by atoms with Crippen molar-refractivity contribution < 1.29 is 28.6 Å². The topological polar surface area (TPSA) is 103 Å². The van der Waals surface area contributed by atoms with Gasteiger partial charge in [0, 0.05) is 25.0 Å². The quantitative estimate of drug-likeness (QED) is 0.283. The van der Waals surface area contributed by atoms with E-state index in [4.69, 9.17) is 5.73 Å². The van der Waals surface area contributed by atoms with Crippen molar-refractivity contribution >= 4 is 44.3 Å². The Balaban J connectivity index is 1.51. The molecule has 0 unspecified atom stereocenters. The number of pyridine rings is 1. The van der Waals surface area contributed by atoms with Crippen LogP contribution in [0.2, 0.25) is 0 Å². The highest BCUT2D eigenvalue weighted by molar-refractivity contribution is 8.45. The summed E-state index contributed by atoms with van der Waals surface area (Å²) in [6.07, 6.45) is 5.70. The van der Waals surface area contributed by atoms with E-state index in [-0.39, 0.29) is 35.4 Å². The van der Waals surface area contributed by atoms with E-state index >= 15 is 0 Å². The second-order valence-electron chi connectivity index (χ2n) is 7.96. The van der Waals surface area contributed by atoms with Gasteiger partial charge in [-0.3, -0.25) is 9.20 Å². The van der Waals surface area contributed by atoms with Crippen LogP contribution in [0.4, 0.5) is 35.3 Å². The van der Waals surface area contributed by atoms with E-state index in [9.17, 15) is 28.6 Å². The molecule has 0 fully saturated rings. The SMILES string of the molecule is Cn1cc(-c2ccn3c(C(=O)Nc4cc(S(F)(F)(F)(F)F)ccc4F)cnc3c2)c2c(N)ncnc21. The van der Waals surface area contributed by atoms with E-state index in [0.29, 0.717) is 22.2 Å². The van der Waals surface area contributed by atoms with Crippen LogP contribution in [0, 0.1) is 5.82 Å². The van der Waals surface area contributed by atoms with Crippen molar-refractivity contribution in [2.45, 2.75) is 4.90 Å². The Bertz CT molecular complexity index is 1710. The van der Waals surface area contributed by atoms with E-state index in [1.165, 1.54) is 16.9 Å². The number of nitrogens with two attached hydrogens (primary N) is 1. The van der Waals surface area contributed by atoms with Crippen LogP contribution >= 0.6 is 10.2 Å². The average Bonchev–Trinajstić information content (AvgIpc) is 3.35. The van der Waals surface area contributed by atoms with Gasteiger partial charge in [0.05, 0.1) is 17.3 Å². The number of anilines is 2. The second-order valence-corrected chi connectivity index (χ2v) is 10.4. The fourth-order valence-electron chi connectivity index (χ4n) is 3.80. The molecule has 0 saturated heterocycles. The number of hydrogen-bond donors (Lipinski definition) is 2. The number of hydrogen-bond acceptors (Lipinski definition) is 5. The highest BCUT2D eigenvalue weighted by Gasteiger charge is 2.65. The van der Waals surface area contributed by atoms with E-state index in [1.807, 2.05) is 5.32 Å². The molecule has 1 aromatic carbocycles. The predicted octanol–water partition coefficient (Wildman–Crippen LogP) is 5.91. The fraction of sp³-hybridized carbons (Fsp3) is 0.0476. The van der Waals surface area contributed by atoms with Crippen LogP contribution in [-0.4, -0.2) is 29.8 Å². The number of nitrogens with one attached hydrogen (secondary N) is 1. The average molecular weight is 527 g/mol. The standard InChI is InChI=1S/C21H15F6N7OS/c1-33-9-13(18-19(28)30-10-31-20(18)33)11-4-5-34-16(8-29-17(34)6-11)21(35)32-15-7-12(2-3-14(15)22)36(23,24,25,26)27/h2-10H,1H3,(H,32,35)(H2,28,30,31). The molecule has 36 heavy (non-hydrogen) atoms. The molecular weight excluding hydrogens is 512 g/mol. The van der Waals surface area contributed by atoms with Crippen molar-refractivity contribution in [2.75, 3.05) is 11.1 Å². The molecule has 5 rings (SSSR count). The molecule has 8 nitrogen and oxygen atoms in total. The van der Waals surface area contributed by atoms with Gasteiger partial charge in [-0.1, -0.05) is 19.4 Å². The number of nitrogen functional groups attached to an aromatic ring is 1. The van der Waals surface area contributed by atoms with E-state index in [1.54, 1.807) is 29.9 Å². The fourth-order valence-corrected chi connectivity index (χ4v) is 4.46. The maximum Gasteiger partial charge on any atom is 0.310 e. The Labute approximate surface area is 198 Å². The number of amides is 1. The number of rotatable bonds is 4. The van der Waals surface area contributed by atoms with E-state index in [0.717, 1.165) is 6.20 Å². The van der Waals surface area contributed by atoms with Crippen LogP contribution in [0.25, 0.3) is 27.8 Å². The zero-order valence-electron chi connectivity index (χ0n) is 18.1. The van der Waals surface area contributed by atoms with Gasteiger partial charge in [0.2, 0.25) is 0 Å². The second kappa shape index (κ2) is 6.90. The first-order valence-electron chi connectivity index (χ1n) is 10.0. The summed E-state index contributed by atoms with van der Waals surface area (Å²) in [4.78, 5) is 22.7. The summed E-state index contributed by atoms with van der Waals surface area (Å²) >= 11 is 0. The molecule has 5 aromatic rings. The number of carbonyl (C=O) groups is 1. The molecule has 0 aliphatic carbocycles. The number of halogens is 6. The molecule has 4 aromatic heterocycles. The lowest BCUT2D eigenvalue weighted by Crippen LogP contribution is -2.16. The lowest BCUT2D eigenvalue weighted by atomic mass is 10.1. The Morgan fingerprint density at radius 2 is 1.81 bits per heavy atom. The number of carbonyl (C=O) groups excluding carboxylic acids is 1. The van der Waals surface area contributed by atoms with E-state index in [2.05, 4.69) is 15.0 Å². The first kappa shape index (κ1) is 23.5. The molecule has 3 N–H and O–H groups in total. The van der Waals surface area contributed by atoms with Gasteiger partial charge in [0.15, 0.2) is 0 Å². The van der Waals surface area contributed by atoms with Crippen LogP contribution in [0.5, 0.6) is 0 Å². The summed E-state index contributed by atoms with van der Waals surface area (Å²) in [5, 5.41) is 2.51. The van der Waals surface area contributed by atoms with Crippen molar-refractivity contribution in [3.8, 4) is 11.1 Å². The first-order valence-corrected chi connectivity index (χ1v) is 12.0. The van der Waals surface area contributed by atoms with Crippen LogP contribution in [0.1, 0.15) is 10.5 Å². The minimum Gasteiger partial charge on any atom is -0.383 e. The predicted molar refractivity (Wildman–Crippen MR) is 123 cm³/mol. The smallest absolute Gasteiger partial charge is 0.310 e. The summed E-state index contributed by atoms with van der Waals surface area (Å²) < 4.78 is 82.7. The highest BCUT2D eigenvalue weighted by atomic mass is 32.5. The molecular formula is C21H15F6N7OS. The minimum absolute atomic E-state index is 0.0760. The van der Waals surface area contributed by atoms with Gasteiger partial charge >= 0.3 is 10.2 Å². The van der Waals surface area contributed by atoms with Gasteiger partial charge in [-0.05, 0) is 35.9 Å². The normalized spacial score (nSPS) is 14.1. The zero-order valence-corrected chi connectivity index (χ0v) is 18.9. The van der Waals surface area contributed by atoms with Crippen molar-refractivity contribution in [3.05, 3.63) is 66.8 Å². The Morgan fingerprint density at radius 1 is 1.06 bits per heavy atom. The Kier molecular flexibility index (Phi) is 4.50. The molecule has 15 heteroatoms. The lowest BCUT2D eigenvalue weighted by molar-refractivity contribution is 0.102. The summed E-state index contributed by atoms with van der Waals surface area (Å²) in [5.41, 5.74) is 7.01. The number of fused-ring (bicyclic) bond motifs is 2. The summed E-state index contributed by atoms with van der Waals surface area (Å²) in [7, 11) is -8.30. The molecule has 0 atom stereocenters. The van der Waals surface area contributed by atoms with Gasteiger partial charge in [0.25, 0.3) is 5.91 Å². The largest absolute Gasteiger partial charge is 0.383 e. The van der Waals surface area contributed by atoms with Gasteiger partial charge in [-0.2, -0.15) is 0 Å². The molecule has 188 valence electrons. The zero-order chi connectivity index (χ0) is 26.1. The van der Waals surface area contributed by atoms with Crippen LogP contribution in [-0.2, 0) is 7.05 Å². The highest BCUT2D eigenvalue weighted by Crippen LogP contribution is 3.02. The van der Waals surface area contributed by atoms with Crippen molar-refractivity contribution in [1.82, 2.24) is 23.9 Å². The first-order chi connectivity index (χ1) is 16.6. The minimum atomic E-state index is -10.1. The molecule has 0 aliphatic rings. The number of imidazole rings is 1. The van der Waals surface area contributed by atoms with Crippen LogP contribution in [0.3, 0.4) is 0 Å². The number of nitrogens with zero attached hydrogens (tertiary/aromatic N) is 5. The number of aromatic nitrogens is 5. The van der Waals surface area contributed by atoms with Gasteiger partial charge in [-0.25, -0.2) is 19.3 Å². The molecule has 1 amide bonds. The molecule has 0 spiro atoms. The maximum absolute atomic E-state index is 14.1. The third-order valence-electron chi connectivity index (χ3n) is 5.47. The molecule has 4 heterocycles. The maximum atomic E-state index is 14.1. The summed E-state index contributed by atoms with van der Waals surface area (Å²) in [6, 6.07) is 3.25. The van der Waals surface area contributed by atoms with Crippen molar-refractivity contribution in [1.29, 1.82) is 0 Å². The monoisotopic (exact) mass is 527 g/mol. The summed E-state index contributed by atoms with van der Waals surface area (Å²) in [5.74, 6) is -2.12. The molecule has 0 saturated carbocycles. The Morgan fingerprint density at radius 3 is 2.53 bits per heavy atom. The molecule has 0 bridgehead atoms. The van der Waals surface area contributed by atoms with Crippen LogP contribution < -0.4 is 11.1 Å². The number of benzene rings is 1. The van der Waals surface area contributed by atoms with Gasteiger partial charge < -0.3 is 15.6 Å². The lowest BCUT2D eigenvalue weighted by Gasteiger charge is -2.40. The van der Waals surface area contributed by atoms with Crippen molar-refractivity contribution in [3.63, 3.8) is 0 Å². The third-order valence-corrected chi connectivity index (χ3v) is 6.62. The van der Waals surface area contributed by atoms with Gasteiger partial charge in [-0.15, -0.1) is 0 Å². The Hall–Kier alpha value is -4.27. The summed E-state index contributed by atoms with van der Waals surface area (Å²) in [6.45, 7) is 0. The van der Waals surface area contributed by atoms with Crippen LogP contribution in [0.15, 0.2) is 60.1 Å².